The Balaban J connectivity index is 1.26. The average Bonchev–Trinajstić information content (AvgIpc) is 3.36. The fraction of sp³-hybridized carbons (Fsp3) is 0.444. The van der Waals surface area contributed by atoms with Crippen LogP contribution in [0.15, 0.2) is 11.0 Å². The highest BCUT2D eigenvalue weighted by molar-refractivity contribution is 7.99. The molecule has 3 aromatic heterocycles. The summed E-state index contributed by atoms with van der Waals surface area (Å²) >= 11 is 2.76. The second-order valence-electron chi connectivity index (χ2n) is 6.78. The highest BCUT2D eigenvalue weighted by Crippen LogP contribution is 2.34. The van der Waals surface area contributed by atoms with Crippen molar-refractivity contribution in [2.75, 3.05) is 12.4 Å². The third-order valence-corrected chi connectivity index (χ3v) is 6.82. The number of hydrogen-bond acceptors (Lipinski definition) is 7. The van der Waals surface area contributed by atoms with Crippen LogP contribution in [0.3, 0.4) is 0 Å². The minimum atomic E-state index is -4.53. The summed E-state index contributed by atoms with van der Waals surface area (Å²) in [4.78, 5) is 33.4. The molecule has 0 bridgehead atoms. The van der Waals surface area contributed by atoms with Gasteiger partial charge in [-0.05, 0) is 24.8 Å². The molecule has 0 atom stereocenters. The van der Waals surface area contributed by atoms with Crippen LogP contribution < -0.4 is 5.56 Å². The van der Waals surface area contributed by atoms with E-state index in [9.17, 15) is 22.8 Å². The topological polar surface area (TPSA) is 101 Å². The Bertz CT molecular complexity index is 1140. The number of nitrogens with zero attached hydrogens (tertiary/aromatic N) is 2. The highest BCUT2D eigenvalue weighted by Gasteiger charge is 2.35. The number of thioether (sulfide) groups is 1. The Hall–Kier alpha value is -2.34. The number of fused-ring (bicyclic) bond motifs is 3. The lowest BCUT2D eigenvalue weighted by atomic mass is 10.2. The van der Waals surface area contributed by atoms with Gasteiger partial charge in [0, 0.05) is 16.9 Å². The van der Waals surface area contributed by atoms with E-state index >= 15 is 0 Å². The number of carbonyl (C=O) groups excluding carboxylic acids is 1. The number of H-pyrrole nitrogens is 2. The molecule has 0 saturated heterocycles. The van der Waals surface area contributed by atoms with Crippen LogP contribution in [0.5, 0.6) is 0 Å². The van der Waals surface area contributed by atoms with Crippen LogP contribution in [-0.4, -0.2) is 38.5 Å². The second kappa shape index (κ2) is 8.42. The van der Waals surface area contributed by atoms with Crippen molar-refractivity contribution < 1.29 is 22.7 Å². The van der Waals surface area contributed by atoms with Crippen molar-refractivity contribution in [3.63, 3.8) is 0 Å². The predicted molar refractivity (Wildman–Crippen MR) is 107 cm³/mol. The molecule has 0 fully saturated rings. The zero-order chi connectivity index (χ0) is 21.3. The molecule has 3 aromatic rings. The van der Waals surface area contributed by atoms with Crippen LogP contribution in [0.1, 0.15) is 33.9 Å². The normalized spacial score (nSPS) is 13.7. The standard InChI is InChI=1S/C18H17F3N4O3S2/c19-18(20,21)15-9(6-22-25-15)4-5-28-13(26)8-29-7-12-23-16(27)14-10-2-1-3-11(10)30-17(14)24-12/h6H,1-5,7-8H2,(H,22,25)(H,23,24,27). The lowest BCUT2D eigenvalue weighted by molar-refractivity contribution is -0.142. The maximum atomic E-state index is 12.8. The molecule has 0 aromatic carbocycles. The van der Waals surface area contributed by atoms with Crippen molar-refractivity contribution in [1.82, 2.24) is 20.2 Å². The van der Waals surface area contributed by atoms with Crippen LogP contribution in [0.4, 0.5) is 13.2 Å². The molecule has 12 heteroatoms. The van der Waals surface area contributed by atoms with Crippen LogP contribution in [0, 0.1) is 0 Å². The molecule has 160 valence electrons. The summed E-state index contributed by atoms with van der Waals surface area (Å²) in [7, 11) is 0. The van der Waals surface area contributed by atoms with Gasteiger partial charge in [-0.3, -0.25) is 14.7 Å². The van der Waals surface area contributed by atoms with E-state index in [-0.39, 0.29) is 29.9 Å². The maximum Gasteiger partial charge on any atom is 0.433 e. The Morgan fingerprint density at radius 2 is 2.17 bits per heavy atom. The number of aromatic nitrogens is 4. The molecule has 1 aliphatic carbocycles. The quantitative estimate of drug-likeness (QED) is 0.528. The van der Waals surface area contributed by atoms with E-state index in [0.717, 1.165) is 35.9 Å². The lowest BCUT2D eigenvalue weighted by Gasteiger charge is -2.07. The van der Waals surface area contributed by atoms with Gasteiger partial charge in [0.2, 0.25) is 0 Å². The molecule has 0 unspecified atom stereocenters. The maximum absolute atomic E-state index is 12.8. The van der Waals surface area contributed by atoms with Crippen LogP contribution >= 0.6 is 23.1 Å². The third-order valence-electron chi connectivity index (χ3n) is 4.72. The Kier molecular flexibility index (Phi) is 5.87. The molecule has 0 amide bonds. The number of esters is 1. The summed E-state index contributed by atoms with van der Waals surface area (Å²) in [5.74, 6) is 0.261. The first-order valence-electron chi connectivity index (χ1n) is 9.19. The van der Waals surface area contributed by atoms with Crippen LogP contribution in [0.25, 0.3) is 10.2 Å². The first-order valence-corrected chi connectivity index (χ1v) is 11.2. The van der Waals surface area contributed by atoms with Crippen molar-refractivity contribution >= 4 is 39.3 Å². The minimum Gasteiger partial charge on any atom is -0.465 e. The number of halogens is 3. The number of ether oxygens (including phenoxy) is 1. The van der Waals surface area contributed by atoms with Gasteiger partial charge in [-0.15, -0.1) is 23.1 Å². The summed E-state index contributed by atoms with van der Waals surface area (Å²) in [6.45, 7) is -0.177. The number of rotatable bonds is 7. The van der Waals surface area contributed by atoms with E-state index in [2.05, 4.69) is 15.1 Å². The molecular weight excluding hydrogens is 441 g/mol. The zero-order valence-electron chi connectivity index (χ0n) is 15.6. The van der Waals surface area contributed by atoms with E-state index in [4.69, 9.17) is 4.74 Å². The van der Waals surface area contributed by atoms with Gasteiger partial charge in [0.05, 0.1) is 29.7 Å². The molecule has 4 rings (SSSR count). The number of alkyl halides is 3. The molecule has 30 heavy (non-hydrogen) atoms. The highest BCUT2D eigenvalue weighted by atomic mass is 32.2. The summed E-state index contributed by atoms with van der Waals surface area (Å²) < 4.78 is 43.3. The van der Waals surface area contributed by atoms with E-state index in [1.807, 2.05) is 5.10 Å². The zero-order valence-corrected chi connectivity index (χ0v) is 17.2. The van der Waals surface area contributed by atoms with Gasteiger partial charge < -0.3 is 9.72 Å². The Labute approximate surface area is 176 Å². The van der Waals surface area contributed by atoms with Crippen molar-refractivity contribution in [2.45, 2.75) is 37.6 Å². The number of aromatic amines is 2. The molecule has 2 N–H and O–H groups in total. The molecule has 0 aliphatic heterocycles. The fourth-order valence-electron chi connectivity index (χ4n) is 3.41. The van der Waals surface area contributed by atoms with Gasteiger partial charge in [0.1, 0.15) is 16.3 Å². The molecule has 0 spiro atoms. The summed E-state index contributed by atoms with van der Waals surface area (Å²) in [6, 6.07) is 0. The minimum absolute atomic E-state index is 0.000201. The second-order valence-corrected chi connectivity index (χ2v) is 8.85. The first-order chi connectivity index (χ1) is 14.3. The van der Waals surface area contributed by atoms with Crippen LogP contribution in [-0.2, 0) is 40.7 Å². The summed E-state index contributed by atoms with van der Waals surface area (Å²) in [6.07, 6.45) is -0.591. The number of aryl methyl sites for hydroxylation is 2. The summed E-state index contributed by atoms with van der Waals surface area (Å²) in [5, 5.41) is 5.98. The predicted octanol–water partition coefficient (Wildman–Crippen LogP) is 3.23. The molecule has 3 heterocycles. The average molecular weight is 458 g/mol. The number of nitrogens with one attached hydrogen (secondary N) is 2. The first kappa shape index (κ1) is 20.9. The van der Waals surface area contributed by atoms with E-state index in [1.165, 1.54) is 16.6 Å². The number of carbonyl (C=O) groups is 1. The van der Waals surface area contributed by atoms with Gasteiger partial charge in [0.25, 0.3) is 5.56 Å². The van der Waals surface area contributed by atoms with E-state index in [0.29, 0.717) is 17.0 Å². The summed E-state index contributed by atoms with van der Waals surface area (Å²) in [5.41, 5.74) is -0.0326. The largest absolute Gasteiger partial charge is 0.465 e. The van der Waals surface area contributed by atoms with Crippen molar-refractivity contribution in [3.8, 4) is 0 Å². The van der Waals surface area contributed by atoms with Crippen molar-refractivity contribution in [3.05, 3.63) is 44.1 Å². The Morgan fingerprint density at radius 3 is 2.97 bits per heavy atom. The van der Waals surface area contributed by atoms with E-state index in [1.54, 1.807) is 11.3 Å². The molecule has 0 saturated carbocycles. The van der Waals surface area contributed by atoms with Gasteiger partial charge in [-0.25, -0.2) is 4.98 Å². The third kappa shape index (κ3) is 4.38. The van der Waals surface area contributed by atoms with Crippen LogP contribution in [0.2, 0.25) is 0 Å². The van der Waals surface area contributed by atoms with Crippen molar-refractivity contribution in [2.24, 2.45) is 0 Å². The Morgan fingerprint density at radius 1 is 1.33 bits per heavy atom. The number of thiophene rings is 1. The molecular formula is C18H17F3N4O3S2. The van der Waals surface area contributed by atoms with Gasteiger partial charge in [-0.2, -0.15) is 18.3 Å². The van der Waals surface area contributed by atoms with Crippen molar-refractivity contribution in [1.29, 1.82) is 0 Å². The van der Waals surface area contributed by atoms with E-state index < -0.39 is 17.8 Å². The smallest absolute Gasteiger partial charge is 0.433 e. The van der Waals surface area contributed by atoms with Gasteiger partial charge in [0.15, 0.2) is 0 Å². The molecule has 0 radical (unpaired) electrons. The van der Waals surface area contributed by atoms with Gasteiger partial charge in [-0.1, -0.05) is 0 Å². The monoisotopic (exact) mass is 458 g/mol. The lowest BCUT2D eigenvalue weighted by Crippen LogP contribution is -2.14. The fourth-order valence-corrected chi connectivity index (χ4v) is 5.37. The SMILES string of the molecule is O=C(CSCc1nc2sc3c(c2c(=O)[nH]1)CCC3)OCCc1cn[nH]c1C(F)(F)F. The molecule has 7 nitrogen and oxygen atoms in total. The molecule has 1 aliphatic rings. The van der Waals surface area contributed by atoms with Gasteiger partial charge >= 0.3 is 12.1 Å². The number of hydrogen-bond donors (Lipinski definition) is 2.